The van der Waals surface area contributed by atoms with Gasteiger partial charge in [0.15, 0.2) is 11.5 Å². The lowest BCUT2D eigenvalue weighted by Gasteiger charge is -2.19. The number of alkyl halides is 9. The minimum Gasteiger partial charge on any atom is -0.402 e. The fourth-order valence-electron chi connectivity index (χ4n) is 1.25. The number of ether oxygens (including phenoxy) is 3. The molecule has 3 nitrogen and oxygen atoms in total. The van der Waals surface area contributed by atoms with Gasteiger partial charge in [-0.15, -0.1) is 39.5 Å². The molecular weight excluding hydrogens is 339 g/mol. The van der Waals surface area contributed by atoms with Crippen molar-refractivity contribution >= 4 is 0 Å². The molecule has 0 spiro atoms. The highest BCUT2D eigenvalue weighted by molar-refractivity contribution is 5.54. The number of halogens is 9. The molecule has 0 amide bonds. The first-order chi connectivity index (χ1) is 9.66. The Morgan fingerprint density at radius 1 is 0.636 bits per heavy atom. The Bertz CT molecular complexity index is 493. The van der Waals surface area contributed by atoms with E-state index >= 15 is 0 Å². The standard InChI is InChI=1S/C10H4F9O3/c1-4-2-5(20-8(11,12)13)7(22-10(17,18)19)6(3-4)21-9(14,15)16/h2-3H,1H2. The van der Waals surface area contributed by atoms with E-state index in [2.05, 4.69) is 21.1 Å². The Morgan fingerprint density at radius 3 is 1.23 bits per heavy atom. The minimum atomic E-state index is -5.59. The monoisotopic (exact) mass is 343 g/mol. The molecule has 0 unspecified atom stereocenters. The number of benzene rings is 1. The highest BCUT2D eigenvalue weighted by Gasteiger charge is 2.40. The van der Waals surface area contributed by atoms with Crippen molar-refractivity contribution in [2.24, 2.45) is 0 Å². The van der Waals surface area contributed by atoms with Crippen molar-refractivity contribution in [3.8, 4) is 17.2 Å². The van der Waals surface area contributed by atoms with Crippen LogP contribution in [0.15, 0.2) is 12.1 Å². The Balaban J connectivity index is 3.40. The maximum absolute atomic E-state index is 12.2. The Labute approximate surface area is 116 Å². The van der Waals surface area contributed by atoms with Crippen molar-refractivity contribution < 1.29 is 53.7 Å². The zero-order valence-corrected chi connectivity index (χ0v) is 9.99. The van der Waals surface area contributed by atoms with Crippen LogP contribution in [0, 0.1) is 6.92 Å². The van der Waals surface area contributed by atoms with Gasteiger partial charge in [-0.2, -0.15) is 0 Å². The van der Waals surface area contributed by atoms with Crippen molar-refractivity contribution in [3.05, 3.63) is 24.6 Å². The van der Waals surface area contributed by atoms with Crippen LogP contribution >= 0.6 is 0 Å². The van der Waals surface area contributed by atoms with Crippen LogP contribution in [0.3, 0.4) is 0 Å². The highest BCUT2D eigenvalue weighted by Crippen LogP contribution is 2.45. The molecule has 0 saturated carbocycles. The zero-order chi connectivity index (χ0) is 17.3. The van der Waals surface area contributed by atoms with Crippen LogP contribution in [0.5, 0.6) is 17.2 Å². The number of hydrogen-bond acceptors (Lipinski definition) is 3. The van der Waals surface area contributed by atoms with Crippen LogP contribution in [0.2, 0.25) is 0 Å². The molecule has 0 aromatic heterocycles. The predicted molar refractivity (Wildman–Crippen MR) is 51.0 cm³/mol. The van der Waals surface area contributed by atoms with Gasteiger partial charge < -0.3 is 14.2 Å². The maximum atomic E-state index is 12.2. The SMILES string of the molecule is [CH2]c1cc(OC(F)(F)F)c(OC(F)(F)F)c(OC(F)(F)F)c1. The van der Waals surface area contributed by atoms with Gasteiger partial charge >= 0.3 is 19.1 Å². The van der Waals surface area contributed by atoms with E-state index in [4.69, 9.17) is 0 Å². The van der Waals surface area contributed by atoms with Crippen molar-refractivity contribution in [2.75, 3.05) is 0 Å². The highest BCUT2D eigenvalue weighted by atomic mass is 19.4. The molecule has 1 radical (unpaired) electrons. The molecule has 1 aromatic rings. The van der Waals surface area contributed by atoms with E-state index in [0.29, 0.717) is 12.1 Å². The van der Waals surface area contributed by atoms with Crippen LogP contribution in [0.25, 0.3) is 0 Å². The molecule has 22 heavy (non-hydrogen) atoms. The molecule has 0 aliphatic rings. The molecule has 0 aliphatic carbocycles. The summed E-state index contributed by atoms with van der Waals surface area (Å²) in [5.74, 6) is -5.30. The van der Waals surface area contributed by atoms with Crippen LogP contribution in [0.4, 0.5) is 39.5 Å². The van der Waals surface area contributed by atoms with Crippen LogP contribution in [-0.4, -0.2) is 19.1 Å². The van der Waals surface area contributed by atoms with E-state index in [9.17, 15) is 39.5 Å². The first-order valence-electron chi connectivity index (χ1n) is 4.93. The molecule has 0 N–H and O–H groups in total. The van der Waals surface area contributed by atoms with E-state index in [1.54, 1.807) is 0 Å². The van der Waals surface area contributed by atoms with Crippen molar-refractivity contribution in [1.82, 2.24) is 0 Å². The number of rotatable bonds is 3. The largest absolute Gasteiger partial charge is 0.573 e. The molecule has 12 heteroatoms. The summed E-state index contributed by atoms with van der Waals surface area (Å²) in [6, 6.07) is 0.607. The van der Waals surface area contributed by atoms with E-state index in [-0.39, 0.29) is 0 Å². The lowest BCUT2D eigenvalue weighted by Crippen LogP contribution is -2.23. The third-order valence-corrected chi connectivity index (χ3v) is 1.75. The van der Waals surface area contributed by atoms with E-state index < -0.39 is 41.9 Å². The predicted octanol–water partition coefficient (Wildman–Crippen LogP) is 4.56. The normalized spacial score (nSPS) is 13.0. The molecule has 0 atom stereocenters. The first kappa shape index (κ1) is 18.0. The molecule has 1 aromatic carbocycles. The maximum Gasteiger partial charge on any atom is 0.573 e. The van der Waals surface area contributed by atoms with Gasteiger partial charge in [0.05, 0.1) is 0 Å². The summed E-state index contributed by atoms with van der Waals surface area (Å²) in [6.45, 7) is 3.01. The third-order valence-electron chi connectivity index (χ3n) is 1.75. The molecule has 0 heterocycles. The Kier molecular flexibility index (Phi) is 4.63. The van der Waals surface area contributed by atoms with Gasteiger partial charge in [-0.25, -0.2) is 0 Å². The molecule has 0 saturated heterocycles. The topological polar surface area (TPSA) is 27.7 Å². The zero-order valence-electron chi connectivity index (χ0n) is 9.99. The first-order valence-corrected chi connectivity index (χ1v) is 4.93. The summed E-state index contributed by atoms with van der Waals surface area (Å²) < 4.78 is 119. The molecule has 0 fully saturated rings. The van der Waals surface area contributed by atoms with Crippen LogP contribution < -0.4 is 14.2 Å². The smallest absolute Gasteiger partial charge is 0.402 e. The average molecular weight is 343 g/mol. The van der Waals surface area contributed by atoms with E-state index in [1.165, 1.54) is 0 Å². The fourth-order valence-corrected chi connectivity index (χ4v) is 1.25. The van der Waals surface area contributed by atoms with Gasteiger partial charge in [0.2, 0.25) is 5.75 Å². The van der Waals surface area contributed by atoms with Crippen LogP contribution in [-0.2, 0) is 0 Å². The lowest BCUT2D eigenvalue weighted by atomic mass is 10.2. The molecular formula is C10H4F9O3. The van der Waals surface area contributed by atoms with E-state index in [1.807, 2.05) is 0 Å². The van der Waals surface area contributed by atoms with Crippen LogP contribution in [0.1, 0.15) is 5.56 Å². The van der Waals surface area contributed by atoms with Crippen molar-refractivity contribution in [2.45, 2.75) is 19.1 Å². The third kappa shape index (κ3) is 6.18. The summed E-state index contributed by atoms with van der Waals surface area (Å²) in [4.78, 5) is 0. The minimum absolute atomic E-state index is 0.303. The van der Waals surface area contributed by atoms with Gasteiger partial charge in [0.1, 0.15) is 0 Å². The fraction of sp³-hybridized carbons (Fsp3) is 0.300. The average Bonchev–Trinajstić information content (AvgIpc) is 2.16. The van der Waals surface area contributed by atoms with Crippen molar-refractivity contribution in [3.63, 3.8) is 0 Å². The molecule has 0 bridgehead atoms. The second-order valence-electron chi connectivity index (χ2n) is 3.56. The van der Waals surface area contributed by atoms with Gasteiger partial charge in [-0.3, -0.25) is 0 Å². The van der Waals surface area contributed by atoms with Gasteiger partial charge in [-0.1, -0.05) is 0 Å². The summed E-state index contributed by atoms with van der Waals surface area (Å²) in [7, 11) is 0. The van der Waals surface area contributed by atoms with E-state index in [0.717, 1.165) is 0 Å². The molecule has 1 rings (SSSR count). The van der Waals surface area contributed by atoms with Crippen molar-refractivity contribution in [1.29, 1.82) is 0 Å². The summed E-state index contributed by atoms with van der Waals surface area (Å²) in [5, 5.41) is 0. The summed E-state index contributed by atoms with van der Waals surface area (Å²) in [6.07, 6.45) is -16.5. The quantitative estimate of drug-likeness (QED) is 0.753. The molecule has 0 aliphatic heterocycles. The number of hydrogen-bond donors (Lipinski definition) is 0. The second kappa shape index (κ2) is 5.65. The van der Waals surface area contributed by atoms with Gasteiger partial charge in [0.25, 0.3) is 0 Å². The summed E-state index contributed by atoms with van der Waals surface area (Å²) in [5.41, 5.74) is -0.534. The van der Waals surface area contributed by atoms with Gasteiger partial charge in [0, 0.05) is 0 Å². The molecule has 125 valence electrons. The Morgan fingerprint density at radius 2 is 0.955 bits per heavy atom. The second-order valence-corrected chi connectivity index (χ2v) is 3.56. The Hall–Kier alpha value is -2.01. The van der Waals surface area contributed by atoms with Gasteiger partial charge in [-0.05, 0) is 24.6 Å². The summed E-state index contributed by atoms with van der Waals surface area (Å²) >= 11 is 0. The lowest BCUT2D eigenvalue weighted by molar-refractivity contribution is -0.293.